The molecule has 1 atom stereocenters. The zero-order chi connectivity index (χ0) is 16.3. The van der Waals surface area contributed by atoms with Gasteiger partial charge in [0, 0.05) is 0 Å². The number of benzene rings is 2. The molecule has 0 fully saturated rings. The fourth-order valence-corrected chi connectivity index (χ4v) is 2.16. The predicted molar refractivity (Wildman–Crippen MR) is 86.9 cm³/mol. The number of hydrogen-bond donors (Lipinski definition) is 1. The summed E-state index contributed by atoms with van der Waals surface area (Å²) in [4.78, 5) is 0. The summed E-state index contributed by atoms with van der Waals surface area (Å²) in [5.74, 6) is 0.183. The second-order valence-corrected chi connectivity index (χ2v) is 5.42. The third-order valence-corrected chi connectivity index (χ3v) is 3.44. The molecule has 0 radical (unpaired) electrons. The van der Waals surface area contributed by atoms with Gasteiger partial charge in [0.05, 0.1) is 6.04 Å². The predicted octanol–water partition coefficient (Wildman–Crippen LogP) is 5.18. The van der Waals surface area contributed by atoms with E-state index < -0.39 is 6.36 Å². The van der Waals surface area contributed by atoms with E-state index in [0.717, 1.165) is 11.1 Å². The van der Waals surface area contributed by atoms with Crippen molar-refractivity contribution in [1.82, 2.24) is 0 Å². The van der Waals surface area contributed by atoms with Gasteiger partial charge in [0.2, 0.25) is 0 Å². The summed E-state index contributed by atoms with van der Waals surface area (Å²) in [6.07, 6.45) is -4.68. The maximum absolute atomic E-state index is 12.1. The molecule has 0 bridgehead atoms. The molecule has 0 saturated heterocycles. The minimum atomic E-state index is -4.68. The van der Waals surface area contributed by atoms with Gasteiger partial charge in [0.25, 0.3) is 0 Å². The highest BCUT2D eigenvalue weighted by Gasteiger charge is 2.31. The molecule has 0 aliphatic carbocycles. The summed E-state index contributed by atoms with van der Waals surface area (Å²) >= 11 is 0. The number of alkyl halides is 3. The van der Waals surface area contributed by atoms with Gasteiger partial charge in [0.15, 0.2) is 0 Å². The van der Waals surface area contributed by atoms with Crippen molar-refractivity contribution >= 4 is 12.4 Å². The van der Waals surface area contributed by atoms with E-state index in [0.29, 0.717) is 5.92 Å². The van der Waals surface area contributed by atoms with Gasteiger partial charge in [-0.15, -0.1) is 25.6 Å². The number of rotatable bonds is 4. The number of hydrogen-bond acceptors (Lipinski definition) is 2. The first-order valence-corrected chi connectivity index (χ1v) is 6.97. The van der Waals surface area contributed by atoms with Crippen molar-refractivity contribution < 1.29 is 17.9 Å². The topological polar surface area (TPSA) is 35.2 Å². The van der Waals surface area contributed by atoms with E-state index in [1.165, 1.54) is 17.7 Å². The average Bonchev–Trinajstić information content (AvgIpc) is 2.46. The van der Waals surface area contributed by atoms with Gasteiger partial charge >= 0.3 is 6.36 Å². The van der Waals surface area contributed by atoms with Crippen molar-refractivity contribution in [2.24, 2.45) is 5.73 Å². The van der Waals surface area contributed by atoms with Crippen molar-refractivity contribution in [3.05, 3.63) is 65.2 Å². The Morgan fingerprint density at radius 2 is 1.22 bits per heavy atom. The number of ether oxygens (including phenoxy) is 1. The van der Waals surface area contributed by atoms with Crippen LogP contribution < -0.4 is 10.5 Å². The van der Waals surface area contributed by atoms with Crippen LogP contribution in [-0.2, 0) is 0 Å². The van der Waals surface area contributed by atoms with Crippen LogP contribution in [0.4, 0.5) is 13.2 Å². The normalized spacial score (nSPS) is 12.7. The molecule has 0 spiro atoms. The first-order valence-electron chi connectivity index (χ1n) is 6.97. The minimum absolute atomic E-state index is 0. The molecule has 0 aromatic heterocycles. The van der Waals surface area contributed by atoms with Gasteiger partial charge in [-0.3, -0.25) is 0 Å². The van der Waals surface area contributed by atoms with Gasteiger partial charge in [-0.25, -0.2) is 0 Å². The smallest absolute Gasteiger partial charge is 0.406 e. The molecule has 2 nitrogen and oxygen atoms in total. The highest BCUT2D eigenvalue weighted by atomic mass is 35.5. The zero-order valence-corrected chi connectivity index (χ0v) is 13.6. The van der Waals surface area contributed by atoms with Crippen LogP contribution in [0.5, 0.6) is 5.75 Å². The van der Waals surface area contributed by atoms with E-state index in [2.05, 4.69) is 18.6 Å². The molecule has 0 aliphatic heterocycles. The fourth-order valence-electron chi connectivity index (χ4n) is 2.16. The Morgan fingerprint density at radius 1 is 0.826 bits per heavy atom. The lowest BCUT2D eigenvalue weighted by molar-refractivity contribution is -0.274. The summed E-state index contributed by atoms with van der Waals surface area (Å²) < 4.78 is 40.2. The fraction of sp³-hybridized carbons (Fsp3) is 0.294. The van der Waals surface area contributed by atoms with Crippen LogP contribution in [0.15, 0.2) is 48.5 Å². The quantitative estimate of drug-likeness (QED) is 0.828. The average molecular weight is 346 g/mol. The van der Waals surface area contributed by atoms with Gasteiger partial charge in [-0.2, -0.15) is 0 Å². The summed E-state index contributed by atoms with van der Waals surface area (Å²) in [6.45, 7) is 4.21. The molecule has 0 saturated carbocycles. The molecule has 0 heterocycles. The summed E-state index contributed by atoms with van der Waals surface area (Å²) in [7, 11) is 0. The monoisotopic (exact) mass is 345 g/mol. The third kappa shape index (κ3) is 5.44. The molecule has 2 N–H and O–H groups in total. The molecule has 0 unspecified atom stereocenters. The summed E-state index contributed by atoms with van der Waals surface area (Å²) in [5.41, 5.74) is 9.01. The Balaban J connectivity index is 0.00000264. The second-order valence-electron chi connectivity index (χ2n) is 5.42. The molecule has 23 heavy (non-hydrogen) atoms. The lowest BCUT2D eigenvalue weighted by atomic mass is 9.96. The van der Waals surface area contributed by atoms with Crippen LogP contribution in [0.1, 0.15) is 42.5 Å². The molecule has 2 aromatic carbocycles. The Bertz CT molecular complexity index is 609. The molecule has 2 rings (SSSR count). The Morgan fingerprint density at radius 3 is 1.61 bits per heavy atom. The molecule has 0 aliphatic rings. The standard InChI is InChI=1S/C17H18F3NO.ClH/c1-11(2)12-3-5-13(6-4-12)16(21)14-7-9-15(10-8-14)22-17(18,19)20;/h3-11,16H,21H2,1-2H3;1H/t16-;/m1./s1. The van der Waals surface area contributed by atoms with Gasteiger partial charge in [0.1, 0.15) is 5.75 Å². The first-order chi connectivity index (χ1) is 10.3. The summed E-state index contributed by atoms with van der Waals surface area (Å²) in [5, 5.41) is 0. The highest BCUT2D eigenvalue weighted by molar-refractivity contribution is 5.85. The molecular formula is C17H19ClF3NO. The molecule has 126 valence electrons. The van der Waals surface area contributed by atoms with Crippen LogP contribution >= 0.6 is 12.4 Å². The van der Waals surface area contributed by atoms with Crippen LogP contribution in [0.3, 0.4) is 0 Å². The van der Waals surface area contributed by atoms with Crippen molar-refractivity contribution in [3.8, 4) is 5.75 Å². The second kappa shape index (κ2) is 7.70. The van der Waals surface area contributed by atoms with E-state index >= 15 is 0 Å². The van der Waals surface area contributed by atoms with E-state index in [1.54, 1.807) is 12.1 Å². The minimum Gasteiger partial charge on any atom is -0.406 e. The van der Waals surface area contributed by atoms with E-state index in [9.17, 15) is 13.2 Å². The van der Waals surface area contributed by atoms with E-state index in [1.807, 2.05) is 24.3 Å². The Labute approximate surface area is 139 Å². The van der Waals surface area contributed by atoms with Crippen LogP contribution in [0.25, 0.3) is 0 Å². The molecular weight excluding hydrogens is 327 g/mol. The first kappa shape index (κ1) is 19.3. The third-order valence-electron chi connectivity index (χ3n) is 3.44. The SMILES string of the molecule is CC(C)c1ccc([C@@H](N)c2ccc(OC(F)(F)F)cc2)cc1.Cl. The van der Waals surface area contributed by atoms with Gasteiger partial charge in [-0.1, -0.05) is 50.2 Å². The van der Waals surface area contributed by atoms with Crippen molar-refractivity contribution in [1.29, 1.82) is 0 Å². The number of nitrogens with two attached hydrogens (primary N) is 1. The van der Waals surface area contributed by atoms with Crippen molar-refractivity contribution in [2.45, 2.75) is 32.2 Å². The van der Waals surface area contributed by atoms with E-state index in [4.69, 9.17) is 5.73 Å². The van der Waals surface area contributed by atoms with Crippen molar-refractivity contribution in [2.75, 3.05) is 0 Å². The zero-order valence-electron chi connectivity index (χ0n) is 12.8. The van der Waals surface area contributed by atoms with E-state index in [-0.39, 0.29) is 24.2 Å². The maximum atomic E-state index is 12.1. The Hall–Kier alpha value is -1.72. The highest BCUT2D eigenvalue weighted by Crippen LogP contribution is 2.26. The van der Waals surface area contributed by atoms with Crippen LogP contribution in [0, 0.1) is 0 Å². The summed E-state index contributed by atoms with van der Waals surface area (Å²) in [6, 6.07) is 13.2. The van der Waals surface area contributed by atoms with Crippen molar-refractivity contribution in [3.63, 3.8) is 0 Å². The van der Waals surface area contributed by atoms with Crippen LogP contribution in [0.2, 0.25) is 0 Å². The lowest BCUT2D eigenvalue weighted by Crippen LogP contribution is -2.17. The Kier molecular flexibility index (Phi) is 6.47. The molecule has 6 heteroatoms. The lowest BCUT2D eigenvalue weighted by Gasteiger charge is -2.15. The van der Waals surface area contributed by atoms with Gasteiger partial charge < -0.3 is 10.5 Å². The van der Waals surface area contributed by atoms with Crippen LogP contribution in [-0.4, -0.2) is 6.36 Å². The maximum Gasteiger partial charge on any atom is 0.573 e. The molecule has 2 aromatic rings. The molecule has 0 amide bonds. The van der Waals surface area contributed by atoms with Gasteiger partial charge in [-0.05, 0) is 34.7 Å². The largest absolute Gasteiger partial charge is 0.573 e. The number of halogens is 4.